The lowest BCUT2D eigenvalue weighted by molar-refractivity contribution is -0.124. The number of hydrogen-bond acceptors (Lipinski definition) is 4. The van der Waals surface area contributed by atoms with Crippen LogP contribution in [0.15, 0.2) is 48.8 Å². The molecule has 1 N–H and O–H groups in total. The zero-order valence-electron chi connectivity index (χ0n) is 13.5. The summed E-state index contributed by atoms with van der Waals surface area (Å²) in [6.45, 7) is 1.91. The van der Waals surface area contributed by atoms with Gasteiger partial charge in [-0.25, -0.2) is 9.97 Å². The van der Waals surface area contributed by atoms with E-state index in [0.29, 0.717) is 19.0 Å². The second kappa shape index (κ2) is 8.11. The minimum Gasteiger partial charge on any atom is -0.345 e. The SMILES string of the molecule is O=C(NCC#Cc1ccccc1)C1CCCN(c2ncccn2)C1. The molecule has 0 spiro atoms. The summed E-state index contributed by atoms with van der Waals surface area (Å²) in [6, 6.07) is 11.6. The molecule has 5 nitrogen and oxygen atoms in total. The second-order valence-electron chi connectivity index (χ2n) is 5.72. The van der Waals surface area contributed by atoms with E-state index < -0.39 is 0 Å². The predicted octanol–water partition coefficient (Wildman–Crippen LogP) is 1.86. The van der Waals surface area contributed by atoms with Gasteiger partial charge in [0.25, 0.3) is 0 Å². The maximum absolute atomic E-state index is 12.3. The van der Waals surface area contributed by atoms with E-state index >= 15 is 0 Å². The molecular formula is C19H20N4O. The van der Waals surface area contributed by atoms with Gasteiger partial charge in [-0.15, -0.1) is 0 Å². The highest BCUT2D eigenvalue weighted by atomic mass is 16.1. The van der Waals surface area contributed by atoms with Gasteiger partial charge in [0.15, 0.2) is 0 Å². The predicted molar refractivity (Wildman–Crippen MR) is 93.3 cm³/mol. The first-order valence-corrected chi connectivity index (χ1v) is 8.16. The van der Waals surface area contributed by atoms with Crippen LogP contribution in [0, 0.1) is 17.8 Å². The number of nitrogens with zero attached hydrogens (tertiary/aromatic N) is 3. The van der Waals surface area contributed by atoms with Crippen LogP contribution in [0.1, 0.15) is 18.4 Å². The normalized spacial score (nSPS) is 16.8. The third-order valence-electron chi connectivity index (χ3n) is 3.98. The standard InChI is InChI=1S/C19H20N4O/c24-18(20-11-4-9-16-7-2-1-3-8-16)17-10-5-14-23(15-17)19-21-12-6-13-22-19/h1-3,6-8,12-13,17H,5,10-11,14-15H2,(H,20,24). The Kier molecular flexibility index (Phi) is 5.41. The molecule has 0 bridgehead atoms. The third kappa shape index (κ3) is 4.32. The zero-order chi connectivity index (χ0) is 16.6. The Bertz CT molecular complexity index is 721. The molecule has 0 aliphatic carbocycles. The Morgan fingerprint density at radius 2 is 2.00 bits per heavy atom. The summed E-state index contributed by atoms with van der Waals surface area (Å²) in [6.07, 6.45) is 5.31. The van der Waals surface area contributed by atoms with Crippen molar-refractivity contribution in [2.75, 3.05) is 24.5 Å². The molecule has 1 amide bonds. The fourth-order valence-electron chi connectivity index (χ4n) is 2.77. The highest BCUT2D eigenvalue weighted by molar-refractivity contribution is 5.79. The molecule has 122 valence electrons. The van der Waals surface area contributed by atoms with Crippen LogP contribution in [0.4, 0.5) is 5.95 Å². The van der Waals surface area contributed by atoms with Crippen LogP contribution in [-0.2, 0) is 4.79 Å². The fraction of sp³-hybridized carbons (Fsp3) is 0.316. The van der Waals surface area contributed by atoms with E-state index in [1.54, 1.807) is 18.5 Å². The first-order chi connectivity index (χ1) is 11.8. The molecule has 24 heavy (non-hydrogen) atoms. The Morgan fingerprint density at radius 3 is 2.79 bits per heavy atom. The number of anilines is 1. The monoisotopic (exact) mass is 320 g/mol. The van der Waals surface area contributed by atoms with Gasteiger partial charge >= 0.3 is 0 Å². The van der Waals surface area contributed by atoms with Gasteiger partial charge < -0.3 is 10.2 Å². The Morgan fingerprint density at radius 1 is 1.21 bits per heavy atom. The van der Waals surface area contributed by atoms with Crippen molar-refractivity contribution in [2.45, 2.75) is 12.8 Å². The molecule has 0 saturated carbocycles. The molecule has 0 radical (unpaired) electrons. The minimum absolute atomic E-state index is 0.0407. The summed E-state index contributed by atoms with van der Waals surface area (Å²) in [7, 11) is 0. The molecule has 1 aliphatic rings. The topological polar surface area (TPSA) is 58.1 Å². The number of carbonyl (C=O) groups excluding carboxylic acids is 1. The smallest absolute Gasteiger partial charge is 0.225 e. The molecule has 3 rings (SSSR count). The van der Waals surface area contributed by atoms with Crippen LogP contribution in [0.25, 0.3) is 0 Å². The number of carbonyl (C=O) groups is 1. The van der Waals surface area contributed by atoms with Crippen molar-refractivity contribution in [3.63, 3.8) is 0 Å². The molecular weight excluding hydrogens is 300 g/mol. The lowest BCUT2D eigenvalue weighted by Crippen LogP contribution is -2.43. The molecule has 1 aromatic heterocycles. The molecule has 1 saturated heterocycles. The molecule has 1 fully saturated rings. The van der Waals surface area contributed by atoms with Crippen molar-refractivity contribution in [3.05, 3.63) is 54.4 Å². The number of amides is 1. The van der Waals surface area contributed by atoms with Gasteiger partial charge in [-0.3, -0.25) is 4.79 Å². The first-order valence-electron chi connectivity index (χ1n) is 8.16. The molecule has 1 aromatic carbocycles. The van der Waals surface area contributed by atoms with Gasteiger partial charge in [0.05, 0.1) is 12.5 Å². The van der Waals surface area contributed by atoms with Crippen molar-refractivity contribution in [3.8, 4) is 11.8 Å². The van der Waals surface area contributed by atoms with Gasteiger partial charge in [-0.2, -0.15) is 0 Å². The second-order valence-corrected chi connectivity index (χ2v) is 5.72. The van der Waals surface area contributed by atoms with Crippen molar-refractivity contribution in [1.29, 1.82) is 0 Å². The van der Waals surface area contributed by atoms with Crippen LogP contribution in [0.3, 0.4) is 0 Å². The molecule has 2 aromatic rings. The van der Waals surface area contributed by atoms with E-state index in [9.17, 15) is 4.79 Å². The lowest BCUT2D eigenvalue weighted by Gasteiger charge is -2.31. The van der Waals surface area contributed by atoms with Crippen LogP contribution in [0.2, 0.25) is 0 Å². The summed E-state index contributed by atoms with van der Waals surface area (Å²) in [5.74, 6) is 6.74. The summed E-state index contributed by atoms with van der Waals surface area (Å²) in [5, 5.41) is 2.91. The number of aromatic nitrogens is 2. The Balaban J connectivity index is 1.51. The van der Waals surface area contributed by atoms with E-state index in [-0.39, 0.29) is 11.8 Å². The van der Waals surface area contributed by atoms with E-state index in [1.807, 2.05) is 30.3 Å². The summed E-state index contributed by atoms with van der Waals surface area (Å²) in [5.41, 5.74) is 0.955. The number of benzene rings is 1. The van der Waals surface area contributed by atoms with Crippen molar-refractivity contribution in [2.24, 2.45) is 5.92 Å². The van der Waals surface area contributed by atoms with Crippen molar-refractivity contribution in [1.82, 2.24) is 15.3 Å². The van der Waals surface area contributed by atoms with Gasteiger partial charge in [0.1, 0.15) is 0 Å². The molecule has 1 unspecified atom stereocenters. The largest absolute Gasteiger partial charge is 0.345 e. The van der Waals surface area contributed by atoms with Crippen LogP contribution in [-0.4, -0.2) is 35.5 Å². The van der Waals surface area contributed by atoms with Gasteiger partial charge in [0.2, 0.25) is 11.9 Å². The minimum atomic E-state index is -0.0407. The average molecular weight is 320 g/mol. The highest BCUT2D eigenvalue weighted by Crippen LogP contribution is 2.19. The third-order valence-corrected chi connectivity index (χ3v) is 3.98. The van der Waals surface area contributed by atoms with E-state index in [2.05, 4.69) is 32.0 Å². The number of rotatable bonds is 3. The number of hydrogen-bond donors (Lipinski definition) is 1. The Hall–Kier alpha value is -2.87. The molecule has 2 heterocycles. The van der Waals surface area contributed by atoms with Gasteiger partial charge in [-0.05, 0) is 31.0 Å². The lowest BCUT2D eigenvalue weighted by atomic mass is 9.97. The Labute approximate surface area is 142 Å². The maximum atomic E-state index is 12.3. The van der Waals surface area contributed by atoms with Crippen LogP contribution >= 0.6 is 0 Å². The van der Waals surface area contributed by atoms with Gasteiger partial charge in [-0.1, -0.05) is 30.0 Å². The van der Waals surface area contributed by atoms with Crippen molar-refractivity contribution < 1.29 is 4.79 Å². The summed E-state index contributed by atoms with van der Waals surface area (Å²) < 4.78 is 0. The highest BCUT2D eigenvalue weighted by Gasteiger charge is 2.26. The van der Waals surface area contributed by atoms with Gasteiger partial charge in [0, 0.05) is 31.0 Å². The zero-order valence-corrected chi connectivity index (χ0v) is 13.5. The fourth-order valence-corrected chi connectivity index (χ4v) is 2.77. The molecule has 5 heteroatoms. The average Bonchev–Trinajstić information content (AvgIpc) is 2.67. The quantitative estimate of drug-likeness (QED) is 0.877. The van der Waals surface area contributed by atoms with E-state index in [4.69, 9.17) is 0 Å². The van der Waals surface area contributed by atoms with Crippen molar-refractivity contribution >= 4 is 11.9 Å². The first kappa shape index (κ1) is 16.0. The van der Waals surface area contributed by atoms with Crippen LogP contribution < -0.4 is 10.2 Å². The molecule has 1 aliphatic heterocycles. The maximum Gasteiger partial charge on any atom is 0.225 e. The number of nitrogens with one attached hydrogen (secondary N) is 1. The summed E-state index contributed by atoms with van der Waals surface area (Å²) in [4.78, 5) is 22.9. The molecule has 1 atom stereocenters. The number of piperidine rings is 1. The summed E-state index contributed by atoms with van der Waals surface area (Å²) >= 11 is 0. The van der Waals surface area contributed by atoms with E-state index in [0.717, 1.165) is 24.9 Å². The van der Waals surface area contributed by atoms with E-state index in [1.165, 1.54) is 0 Å². The van der Waals surface area contributed by atoms with Crippen LogP contribution in [0.5, 0.6) is 0 Å².